The summed E-state index contributed by atoms with van der Waals surface area (Å²) in [5, 5.41) is 16.7. The molecule has 2 heterocycles. The smallest absolute Gasteiger partial charge is 0.0475 e. The third-order valence-electron chi connectivity index (χ3n) is 3.35. The number of aliphatic hydroxyl groups is 1. The lowest BCUT2D eigenvalue weighted by atomic mass is 9.91. The van der Waals surface area contributed by atoms with Crippen LogP contribution in [0, 0.1) is 5.92 Å². The van der Waals surface area contributed by atoms with Crippen molar-refractivity contribution in [2.45, 2.75) is 18.9 Å². The Hall–Kier alpha value is -0.580. The van der Waals surface area contributed by atoms with Gasteiger partial charge in [-0.2, -0.15) is 11.3 Å². The predicted octanol–water partition coefficient (Wildman–Crippen LogP) is 1.54. The summed E-state index contributed by atoms with van der Waals surface area (Å²) in [5.74, 6) is 0.607. The van der Waals surface area contributed by atoms with Gasteiger partial charge in [-0.15, -0.1) is 0 Å². The van der Waals surface area contributed by atoms with Crippen LogP contribution in [0.1, 0.15) is 12.8 Å². The van der Waals surface area contributed by atoms with Gasteiger partial charge in [0.2, 0.25) is 0 Å². The molecule has 90 valence electrons. The van der Waals surface area contributed by atoms with Gasteiger partial charge >= 0.3 is 0 Å². The zero-order valence-electron chi connectivity index (χ0n) is 9.72. The molecule has 2 N–H and O–H groups in total. The van der Waals surface area contributed by atoms with Gasteiger partial charge in [-0.05, 0) is 37.3 Å². The van der Waals surface area contributed by atoms with E-state index in [1.165, 1.54) is 12.1 Å². The van der Waals surface area contributed by atoms with Gasteiger partial charge in [0, 0.05) is 36.8 Å². The molecule has 0 bridgehead atoms. The van der Waals surface area contributed by atoms with E-state index in [1.807, 2.05) is 7.05 Å². The Morgan fingerprint density at radius 3 is 3.06 bits per heavy atom. The Bertz CT molecular complexity index is 302. The minimum absolute atomic E-state index is 0.304. The van der Waals surface area contributed by atoms with E-state index < -0.39 is 0 Å². The third kappa shape index (κ3) is 2.75. The molecule has 0 aliphatic carbocycles. The summed E-state index contributed by atoms with van der Waals surface area (Å²) in [6, 6.07) is 2.73. The minimum Gasteiger partial charge on any atom is -0.396 e. The second kappa shape index (κ2) is 5.66. The van der Waals surface area contributed by atoms with E-state index >= 15 is 0 Å². The van der Waals surface area contributed by atoms with Gasteiger partial charge in [0.15, 0.2) is 0 Å². The molecule has 4 heteroatoms. The molecule has 0 aromatic carbocycles. The zero-order valence-corrected chi connectivity index (χ0v) is 10.5. The average Bonchev–Trinajstić information content (AvgIpc) is 2.82. The van der Waals surface area contributed by atoms with Crippen LogP contribution >= 0.6 is 11.3 Å². The number of piperidine rings is 1. The van der Waals surface area contributed by atoms with E-state index in [4.69, 9.17) is 5.11 Å². The second-order valence-electron chi connectivity index (χ2n) is 4.49. The standard InChI is InChI=1S/C12H20N2OS/c1-13-11-6-10(2-4-15)7-14(8-11)12-3-5-16-9-12/h3,5,9-11,13,15H,2,4,6-8H2,1H3. The van der Waals surface area contributed by atoms with E-state index in [2.05, 4.69) is 27.0 Å². The molecule has 2 atom stereocenters. The average molecular weight is 240 g/mol. The third-order valence-corrected chi connectivity index (χ3v) is 4.02. The highest BCUT2D eigenvalue weighted by molar-refractivity contribution is 7.08. The van der Waals surface area contributed by atoms with Gasteiger partial charge in [0.25, 0.3) is 0 Å². The molecular formula is C12H20N2OS. The van der Waals surface area contributed by atoms with Crippen LogP contribution in [0.25, 0.3) is 0 Å². The fourth-order valence-corrected chi connectivity index (χ4v) is 3.12. The second-order valence-corrected chi connectivity index (χ2v) is 5.27. The number of aliphatic hydroxyl groups excluding tert-OH is 1. The Labute approximate surface area is 101 Å². The maximum Gasteiger partial charge on any atom is 0.0475 e. The molecule has 1 fully saturated rings. The minimum atomic E-state index is 0.304. The molecule has 3 nitrogen and oxygen atoms in total. The lowest BCUT2D eigenvalue weighted by molar-refractivity contribution is 0.232. The van der Waals surface area contributed by atoms with E-state index in [0.717, 1.165) is 19.5 Å². The number of rotatable bonds is 4. The topological polar surface area (TPSA) is 35.5 Å². The van der Waals surface area contributed by atoms with Gasteiger partial charge in [0.05, 0.1) is 0 Å². The fraction of sp³-hybridized carbons (Fsp3) is 0.667. The Kier molecular flexibility index (Phi) is 4.21. The number of nitrogens with zero attached hydrogens (tertiary/aromatic N) is 1. The lowest BCUT2D eigenvalue weighted by Crippen LogP contribution is -2.48. The van der Waals surface area contributed by atoms with Gasteiger partial charge < -0.3 is 15.3 Å². The first-order chi connectivity index (χ1) is 7.83. The van der Waals surface area contributed by atoms with E-state index in [-0.39, 0.29) is 0 Å². The molecule has 1 aromatic rings. The summed E-state index contributed by atoms with van der Waals surface area (Å²) in [5.41, 5.74) is 1.33. The van der Waals surface area contributed by atoms with Crippen LogP contribution in [0.4, 0.5) is 5.69 Å². The molecule has 0 spiro atoms. The van der Waals surface area contributed by atoms with E-state index in [9.17, 15) is 0 Å². The number of likely N-dealkylation sites (N-methyl/N-ethyl adjacent to an activating group) is 1. The molecule has 1 aliphatic rings. The maximum absolute atomic E-state index is 9.06. The monoisotopic (exact) mass is 240 g/mol. The summed E-state index contributed by atoms with van der Waals surface area (Å²) in [7, 11) is 2.03. The van der Waals surface area contributed by atoms with Gasteiger partial charge in [-0.1, -0.05) is 0 Å². The first-order valence-corrected chi connectivity index (χ1v) is 6.83. The van der Waals surface area contributed by atoms with Crippen molar-refractivity contribution in [3.63, 3.8) is 0 Å². The summed E-state index contributed by atoms with van der Waals surface area (Å²) in [4.78, 5) is 2.43. The predicted molar refractivity (Wildman–Crippen MR) is 69.2 cm³/mol. The van der Waals surface area contributed by atoms with Crippen LogP contribution in [0.3, 0.4) is 0 Å². The number of hydrogen-bond donors (Lipinski definition) is 2. The molecule has 0 radical (unpaired) electrons. The molecule has 0 amide bonds. The van der Waals surface area contributed by atoms with Crippen LogP contribution in [0.15, 0.2) is 16.8 Å². The Morgan fingerprint density at radius 1 is 1.56 bits per heavy atom. The van der Waals surface area contributed by atoms with E-state index in [1.54, 1.807) is 11.3 Å². The number of thiophene rings is 1. The number of nitrogens with one attached hydrogen (secondary N) is 1. The highest BCUT2D eigenvalue weighted by atomic mass is 32.1. The highest BCUT2D eigenvalue weighted by Gasteiger charge is 2.26. The summed E-state index contributed by atoms with van der Waals surface area (Å²) < 4.78 is 0. The van der Waals surface area contributed by atoms with Crippen molar-refractivity contribution in [2.24, 2.45) is 5.92 Å². The van der Waals surface area contributed by atoms with Gasteiger partial charge in [0.1, 0.15) is 0 Å². The largest absolute Gasteiger partial charge is 0.396 e. The van der Waals surface area contributed by atoms with Crippen molar-refractivity contribution in [1.82, 2.24) is 5.32 Å². The van der Waals surface area contributed by atoms with E-state index in [0.29, 0.717) is 18.6 Å². The first-order valence-electron chi connectivity index (χ1n) is 5.88. The summed E-state index contributed by atoms with van der Waals surface area (Å²) in [6.45, 7) is 2.46. The zero-order chi connectivity index (χ0) is 11.4. The molecule has 1 aliphatic heterocycles. The van der Waals surface area contributed by atoms with Crippen molar-refractivity contribution in [1.29, 1.82) is 0 Å². The Morgan fingerprint density at radius 2 is 2.44 bits per heavy atom. The quantitative estimate of drug-likeness (QED) is 0.838. The number of hydrogen-bond acceptors (Lipinski definition) is 4. The SMILES string of the molecule is CNC1CC(CCO)CN(c2ccsc2)C1. The molecular weight excluding hydrogens is 220 g/mol. The number of anilines is 1. The van der Waals surface area contributed by atoms with Crippen molar-refractivity contribution in [3.05, 3.63) is 16.8 Å². The van der Waals surface area contributed by atoms with Crippen molar-refractivity contribution >= 4 is 17.0 Å². The molecule has 16 heavy (non-hydrogen) atoms. The highest BCUT2D eigenvalue weighted by Crippen LogP contribution is 2.26. The van der Waals surface area contributed by atoms with Crippen molar-refractivity contribution < 1.29 is 5.11 Å². The molecule has 1 saturated heterocycles. The molecule has 1 aromatic heterocycles. The summed E-state index contributed by atoms with van der Waals surface area (Å²) >= 11 is 1.75. The van der Waals surface area contributed by atoms with Crippen molar-refractivity contribution in [2.75, 3.05) is 31.6 Å². The molecule has 2 rings (SSSR count). The Balaban J connectivity index is 2.02. The van der Waals surface area contributed by atoms with Gasteiger partial charge in [-0.25, -0.2) is 0 Å². The van der Waals surface area contributed by atoms with Crippen LogP contribution in [0.2, 0.25) is 0 Å². The maximum atomic E-state index is 9.06. The fourth-order valence-electron chi connectivity index (χ4n) is 2.45. The van der Waals surface area contributed by atoms with Crippen LogP contribution in [-0.2, 0) is 0 Å². The molecule has 0 saturated carbocycles. The van der Waals surface area contributed by atoms with Crippen LogP contribution < -0.4 is 10.2 Å². The lowest BCUT2D eigenvalue weighted by Gasteiger charge is -2.38. The van der Waals surface area contributed by atoms with Crippen LogP contribution in [0.5, 0.6) is 0 Å². The normalized spacial score (nSPS) is 26.0. The summed E-state index contributed by atoms with van der Waals surface area (Å²) in [6.07, 6.45) is 2.09. The van der Waals surface area contributed by atoms with Crippen LogP contribution in [-0.4, -0.2) is 37.9 Å². The van der Waals surface area contributed by atoms with Gasteiger partial charge in [-0.3, -0.25) is 0 Å². The molecule has 2 unspecified atom stereocenters. The van der Waals surface area contributed by atoms with Crippen molar-refractivity contribution in [3.8, 4) is 0 Å². The first kappa shape index (κ1) is 11.9.